The van der Waals surface area contributed by atoms with Crippen LogP contribution >= 0.6 is 0 Å². The number of esters is 5. The van der Waals surface area contributed by atoms with Gasteiger partial charge in [-0.1, -0.05) is 4.98 Å². The molecule has 1 saturated heterocycles. The summed E-state index contributed by atoms with van der Waals surface area (Å²) in [6.45, 7) is 4.51. The Morgan fingerprint density at radius 1 is 0.923 bits per heavy atom. The summed E-state index contributed by atoms with van der Waals surface area (Å²) in [5, 5.41) is 11.2. The van der Waals surface area contributed by atoms with Crippen molar-refractivity contribution in [3.63, 3.8) is 0 Å². The molecule has 1 aliphatic heterocycles. The molecule has 216 valence electrons. The second-order valence-corrected chi connectivity index (χ2v) is 8.28. The summed E-state index contributed by atoms with van der Waals surface area (Å²) in [6, 6.07) is 0. The average Bonchev–Trinajstić information content (AvgIpc) is 3.25. The van der Waals surface area contributed by atoms with E-state index < -0.39 is 84.1 Å². The highest BCUT2D eigenvalue weighted by atomic mass is 16.7. The average molecular weight is 559 g/mol. The van der Waals surface area contributed by atoms with Crippen LogP contribution in [0.1, 0.15) is 34.6 Å². The summed E-state index contributed by atoms with van der Waals surface area (Å²) in [6.07, 6.45) is -5.65. The molecule has 0 bridgehead atoms. The van der Waals surface area contributed by atoms with Gasteiger partial charge in [-0.2, -0.15) is 0 Å². The maximum absolute atomic E-state index is 11.9. The molecule has 0 saturated carbocycles. The van der Waals surface area contributed by atoms with Gasteiger partial charge in [0.1, 0.15) is 25.0 Å². The predicted octanol–water partition coefficient (Wildman–Crippen LogP) is -0.177. The van der Waals surface area contributed by atoms with Crippen molar-refractivity contribution in [3.05, 3.63) is 22.5 Å². The molecule has 2 heterocycles. The monoisotopic (exact) mass is 559 g/mol. The van der Waals surface area contributed by atoms with Gasteiger partial charge in [0, 0.05) is 34.6 Å². The molecule has 0 aliphatic carbocycles. The normalized spacial score (nSPS) is 23.2. The molecule has 17 heteroatoms. The van der Waals surface area contributed by atoms with E-state index in [9.17, 15) is 34.1 Å². The summed E-state index contributed by atoms with van der Waals surface area (Å²) < 4.78 is 38.6. The summed E-state index contributed by atoms with van der Waals surface area (Å²) >= 11 is 0. The Bertz CT molecular complexity index is 1070. The number of aromatic nitrogens is 2. The first-order valence-electron chi connectivity index (χ1n) is 11.5. The fraction of sp³-hybridized carbons (Fsp3) is 0.636. The molecule has 0 N–H and O–H groups in total. The predicted molar refractivity (Wildman–Crippen MR) is 122 cm³/mol. The Morgan fingerprint density at radius 2 is 1.49 bits per heavy atom. The van der Waals surface area contributed by atoms with Crippen LogP contribution in [0.2, 0.25) is 0 Å². The molecular formula is C22H29N3O14. The molecule has 1 aliphatic rings. The molecule has 0 amide bonds. The minimum Gasteiger partial charge on any atom is -0.457 e. The van der Waals surface area contributed by atoms with Crippen LogP contribution in [-0.2, 0) is 63.7 Å². The van der Waals surface area contributed by atoms with E-state index in [1.807, 2.05) is 0 Å². The zero-order valence-electron chi connectivity index (χ0n) is 21.8. The van der Waals surface area contributed by atoms with Crippen LogP contribution in [0.25, 0.3) is 0 Å². The van der Waals surface area contributed by atoms with Crippen LogP contribution in [0.4, 0.5) is 5.95 Å². The molecule has 0 aromatic carbocycles. The first-order valence-corrected chi connectivity index (χ1v) is 11.5. The van der Waals surface area contributed by atoms with E-state index >= 15 is 0 Å². The number of imidazole rings is 1. The topological polar surface area (TPSA) is 211 Å². The van der Waals surface area contributed by atoms with Crippen LogP contribution < -0.4 is 0 Å². The Morgan fingerprint density at radius 3 is 2.03 bits per heavy atom. The smallest absolute Gasteiger partial charge is 0.434 e. The molecule has 0 spiro atoms. The van der Waals surface area contributed by atoms with Gasteiger partial charge in [-0.05, 0) is 4.92 Å². The van der Waals surface area contributed by atoms with E-state index in [4.69, 9.17) is 33.2 Å². The molecule has 39 heavy (non-hydrogen) atoms. The fourth-order valence-corrected chi connectivity index (χ4v) is 3.76. The maximum Gasteiger partial charge on any atom is 0.434 e. The van der Waals surface area contributed by atoms with Gasteiger partial charge in [-0.25, -0.2) is 4.57 Å². The zero-order chi connectivity index (χ0) is 29.3. The van der Waals surface area contributed by atoms with E-state index in [-0.39, 0.29) is 13.2 Å². The fourth-order valence-electron chi connectivity index (χ4n) is 3.76. The zero-order valence-corrected chi connectivity index (χ0v) is 21.8. The van der Waals surface area contributed by atoms with Gasteiger partial charge in [-0.3, -0.25) is 24.0 Å². The van der Waals surface area contributed by atoms with Crippen molar-refractivity contribution in [2.75, 3.05) is 13.2 Å². The quantitative estimate of drug-likeness (QED) is 0.141. The van der Waals surface area contributed by atoms with Gasteiger partial charge in [0.15, 0.2) is 18.3 Å². The third-order valence-electron chi connectivity index (χ3n) is 4.96. The van der Waals surface area contributed by atoms with Crippen LogP contribution in [0, 0.1) is 10.1 Å². The van der Waals surface area contributed by atoms with Gasteiger partial charge >= 0.3 is 35.8 Å². The summed E-state index contributed by atoms with van der Waals surface area (Å²) in [7, 11) is 0. The summed E-state index contributed by atoms with van der Waals surface area (Å²) in [5.41, 5.74) is 0. The lowest BCUT2D eigenvalue weighted by atomic mass is 9.98. The molecule has 1 fully saturated rings. The third-order valence-corrected chi connectivity index (χ3v) is 4.96. The number of rotatable bonds is 12. The van der Waals surface area contributed by atoms with E-state index in [1.165, 1.54) is 12.4 Å². The van der Waals surface area contributed by atoms with Gasteiger partial charge in [-0.15, -0.1) is 0 Å². The van der Waals surface area contributed by atoms with Crippen molar-refractivity contribution in [2.24, 2.45) is 0 Å². The van der Waals surface area contributed by atoms with Crippen LogP contribution in [0.15, 0.2) is 12.4 Å². The Hall–Kier alpha value is -4.12. The van der Waals surface area contributed by atoms with Gasteiger partial charge < -0.3 is 43.3 Å². The highest BCUT2D eigenvalue weighted by molar-refractivity contribution is 5.69. The van der Waals surface area contributed by atoms with Crippen molar-refractivity contribution in [2.45, 2.75) is 78.0 Å². The lowest BCUT2D eigenvalue weighted by molar-refractivity contribution is -0.397. The van der Waals surface area contributed by atoms with Gasteiger partial charge in [0.05, 0.1) is 13.2 Å². The van der Waals surface area contributed by atoms with Crippen LogP contribution in [-0.4, -0.2) is 94.3 Å². The Labute approximate surface area is 221 Å². The van der Waals surface area contributed by atoms with E-state index in [2.05, 4.69) is 4.98 Å². The minimum absolute atomic E-state index is 0.185. The van der Waals surface area contributed by atoms with Gasteiger partial charge in [0.2, 0.25) is 12.4 Å². The highest BCUT2D eigenvalue weighted by Crippen LogP contribution is 2.30. The Balaban J connectivity index is 2.28. The number of hydrogen-bond acceptors (Lipinski definition) is 15. The van der Waals surface area contributed by atoms with Crippen molar-refractivity contribution >= 4 is 35.8 Å². The number of nitrogens with zero attached hydrogens (tertiary/aromatic N) is 3. The van der Waals surface area contributed by atoms with Crippen LogP contribution in [0.5, 0.6) is 0 Å². The number of nitro groups is 1. The lowest BCUT2D eigenvalue weighted by Gasteiger charge is -2.43. The minimum atomic E-state index is -1.57. The van der Waals surface area contributed by atoms with Crippen molar-refractivity contribution in [1.82, 2.24) is 9.55 Å². The molecule has 1 aromatic heterocycles. The highest BCUT2D eigenvalue weighted by Gasteiger charge is 2.53. The second-order valence-electron chi connectivity index (χ2n) is 8.28. The largest absolute Gasteiger partial charge is 0.457 e. The number of carbonyl (C=O) groups is 5. The molecule has 1 unspecified atom stereocenters. The molecule has 0 radical (unpaired) electrons. The number of ether oxygens (including phenoxy) is 7. The SMILES string of the molecule is CC(=O)OC(COC[C@H]1O[C@H](OC(C)=O)[C@H](OC(C)=O)[C@@H](OC(C)=O)[C@@H]1OC(C)=O)Cn1ccnc1[N+](=O)[O-]. The van der Waals surface area contributed by atoms with E-state index in [0.717, 1.165) is 39.2 Å². The first kappa shape index (κ1) is 31.1. The molecule has 17 nitrogen and oxygen atoms in total. The van der Waals surface area contributed by atoms with Gasteiger partial charge in [0.25, 0.3) is 0 Å². The standard InChI is InChI=1S/C22H29N3O14/c1-11(26)34-16(8-24-7-6-23-22(24)25(31)32)9-33-10-17-18(35-12(2)27)19(36-13(3)28)20(37-14(4)29)21(39-17)38-15(5)30/h6-7,16-21H,8-10H2,1-5H3/t16?,17-,18-,19+,20-,21+/m1/s1. The van der Waals surface area contributed by atoms with Crippen molar-refractivity contribution < 1.29 is 62.1 Å². The second kappa shape index (κ2) is 14.1. The van der Waals surface area contributed by atoms with Crippen LogP contribution in [0.3, 0.4) is 0 Å². The molecule has 2 rings (SSSR count). The van der Waals surface area contributed by atoms with E-state index in [1.54, 1.807) is 0 Å². The summed E-state index contributed by atoms with van der Waals surface area (Å²) in [5.74, 6) is -4.44. The van der Waals surface area contributed by atoms with E-state index in [0.29, 0.717) is 0 Å². The van der Waals surface area contributed by atoms with Crippen molar-refractivity contribution in [1.29, 1.82) is 0 Å². The lowest BCUT2D eigenvalue weighted by Crippen LogP contribution is -2.63. The molecule has 6 atom stereocenters. The molecule has 1 aromatic rings. The third kappa shape index (κ3) is 9.60. The van der Waals surface area contributed by atoms with Crippen molar-refractivity contribution in [3.8, 4) is 0 Å². The number of carbonyl (C=O) groups excluding carboxylic acids is 5. The summed E-state index contributed by atoms with van der Waals surface area (Å²) in [4.78, 5) is 72.8. The first-order chi connectivity index (χ1) is 18.3. The Kier molecular flexibility index (Phi) is 11.3. The maximum atomic E-state index is 11.9. The number of hydrogen-bond donors (Lipinski definition) is 0. The molecular weight excluding hydrogens is 530 g/mol.